The van der Waals surface area contributed by atoms with Gasteiger partial charge in [-0.3, -0.25) is 0 Å². The molecule has 1 heteroatoms. The van der Waals surface area contributed by atoms with Crippen LogP contribution in [0.2, 0.25) is 0 Å². The minimum absolute atomic E-state index is 0.380. The van der Waals surface area contributed by atoms with Crippen LogP contribution in [0.3, 0.4) is 0 Å². The monoisotopic (exact) mass is 116 g/mol. The Morgan fingerprint density at radius 2 is 1.14 bits per heavy atom. The SMILES string of the molecule is CC=S(=CC)=CC. The highest BCUT2D eigenvalue weighted by atomic mass is 32.1. The lowest BCUT2D eigenvalue weighted by molar-refractivity contribution is 2.12. The molecule has 0 unspecified atom stereocenters. The molecule has 0 saturated carbocycles. The van der Waals surface area contributed by atoms with Crippen molar-refractivity contribution in [3.8, 4) is 0 Å². The molecule has 7 heavy (non-hydrogen) atoms. The quantitative estimate of drug-likeness (QED) is 0.423. The summed E-state index contributed by atoms with van der Waals surface area (Å²) in [4.78, 5) is 0. The zero-order valence-corrected chi connectivity index (χ0v) is 5.96. The topological polar surface area (TPSA) is 0 Å². The summed E-state index contributed by atoms with van der Waals surface area (Å²) in [5.41, 5.74) is 0. The fraction of sp³-hybridized carbons (Fsp3) is 0.500. The third-order valence-electron chi connectivity index (χ3n) is 0.816. The molecular formula is C6H12S. The molecule has 0 spiro atoms. The normalized spacial score (nSPS) is 7.29. The summed E-state index contributed by atoms with van der Waals surface area (Å²) in [5.74, 6) is 0. The number of rotatable bonds is 0. The maximum atomic E-state index is 2.19. The summed E-state index contributed by atoms with van der Waals surface area (Å²) >= 11 is 0. The van der Waals surface area contributed by atoms with Crippen molar-refractivity contribution in [3.63, 3.8) is 0 Å². The van der Waals surface area contributed by atoms with E-state index in [9.17, 15) is 0 Å². The van der Waals surface area contributed by atoms with Crippen molar-refractivity contribution in [2.45, 2.75) is 20.8 Å². The van der Waals surface area contributed by atoms with Crippen molar-refractivity contribution in [2.24, 2.45) is 0 Å². The van der Waals surface area contributed by atoms with Gasteiger partial charge in [0, 0.05) is 0 Å². The molecule has 0 rings (SSSR count). The molecule has 0 aromatic rings. The van der Waals surface area contributed by atoms with Gasteiger partial charge in [0.25, 0.3) is 0 Å². The molecule has 0 aromatic heterocycles. The van der Waals surface area contributed by atoms with Gasteiger partial charge in [-0.2, -0.15) is 0 Å². The highest BCUT2D eigenvalue weighted by molar-refractivity contribution is 8.11. The van der Waals surface area contributed by atoms with Crippen LogP contribution in [0.1, 0.15) is 20.8 Å². The van der Waals surface area contributed by atoms with E-state index in [2.05, 4.69) is 36.9 Å². The second-order valence-corrected chi connectivity index (χ2v) is 3.35. The van der Waals surface area contributed by atoms with Crippen LogP contribution in [0, 0.1) is 0 Å². The highest BCUT2D eigenvalue weighted by Gasteiger charge is 1.49. The summed E-state index contributed by atoms with van der Waals surface area (Å²) in [7, 11) is 0.380. The van der Waals surface area contributed by atoms with Gasteiger partial charge in [-0.15, -0.1) is 0 Å². The van der Waals surface area contributed by atoms with E-state index in [0.29, 0.717) is 9.66 Å². The van der Waals surface area contributed by atoms with Crippen LogP contribution in [0.5, 0.6) is 0 Å². The zero-order chi connectivity index (χ0) is 5.70. The van der Waals surface area contributed by atoms with E-state index in [-0.39, 0.29) is 0 Å². The molecule has 0 nitrogen and oxygen atoms in total. The summed E-state index contributed by atoms with van der Waals surface area (Å²) in [6, 6.07) is 0. The van der Waals surface area contributed by atoms with Crippen molar-refractivity contribution in [1.82, 2.24) is 0 Å². The molecule has 0 radical (unpaired) electrons. The zero-order valence-electron chi connectivity index (χ0n) is 5.14. The van der Waals surface area contributed by atoms with E-state index >= 15 is 0 Å². The first-order valence-electron chi connectivity index (χ1n) is 2.44. The van der Waals surface area contributed by atoms with Crippen LogP contribution in [0.15, 0.2) is 0 Å². The van der Waals surface area contributed by atoms with Gasteiger partial charge in [0.2, 0.25) is 0 Å². The molecule has 0 aliphatic heterocycles. The van der Waals surface area contributed by atoms with Crippen molar-refractivity contribution in [3.05, 3.63) is 0 Å². The Hall–Kier alpha value is -0.170. The Morgan fingerprint density at radius 1 is 0.857 bits per heavy atom. The van der Waals surface area contributed by atoms with Crippen LogP contribution >= 0.6 is 9.66 Å². The van der Waals surface area contributed by atoms with Crippen molar-refractivity contribution in [1.29, 1.82) is 0 Å². The molecule has 0 aliphatic rings. The molecule has 0 amide bonds. The molecule has 0 bridgehead atoms. The summed E-state index contributed by atoms with van der Waals surface area (Å²) in [6.45, 7) is 6.26. The Kier molecular flexibility index (Phi) is 3.90. The van der Waals surface area contributed by atoms with E-state index in [1.54, 1.807) is 0 Å². The average molecular weight is 116 g/mol. The van der Waals surface area contributed by atoms with Crippen LogP contribution in [-0.4, -0.2) is 16.1 Å². The first kappa shape index (κ1) is 6.83. The fourth-order valence-corrected chi connectivity index (χ4v) is 1.22. The molecule has 0 aromatic carbocycles. The second-order valence-electron chi connectivity index (χ2n) is 1.12. The van der Waals surface area contributed by atoms with Gasteiger partial charge in [0.05, 0.1) is 0 Å². The molecule has 0 saturated heterocycles. The minimum Gasteiger partial charge on any atom is -0.210 e. The predicted molar refractivity (Wildman–Crippen MR) is 42.8 cm³/mol. The molecule has 0 atom stereocenters. The Balaban J connectivity index is 4.54. The molecule has 0 N–H and O–H groups in total. The smallest absolute Gasteiger partial charge is 0.0380 e. The van der Waals surface area contributed by atoms with Gasteiger partial charge in [-0.05, 0) is 36.9 Å². The molecule has 0 heterocycles. The lowest BCUT2D eigenvalue weighted by atomic mass is 11.0. The van der Waals surface area contributed by atoms with E-state index < -0.39 is 0 Å². The number of hydrogen-bond donors (Lipinski definition) is 0. The highest BCUT2D eigenvalue weighted by Crippen LogP contribution is 1.74. The average Bonchev–Trinajstić information content (AvgIpc) is 1.72. The molecular weight excluding hydrogens is 104 g/mol. The molecule has 42 valence electrons. The van der Waals surface area contributed by atoms with Gasteiger partial charge in [0.1, 0.15) is 0 Å². The summed E-state index contributed by atoms with van der Waals surface area (Å²) in [5, 5.41) is 6.58. The third-order valence-corrected chi connectivity index (χ3v) is 2.45. The standard InChI is InChI=1S/C6H12S/c1-4-7(5-2)6-3/h4-6H,1-3H3. The molecule has 0 aliphatic carbocycles. The third kappa shape index (κ3) is 2.52. The van der Waals surface area contributed by atoms with Crippen molar-refractivity contribution in [2.75, 3.05) is 0 Å². The minimum atomic E-state index is 0.380. The van der Waals surface area contributed by atoms with E-state index in [0.717, 1.165) is 0 Å². The Labute approximate surface area is 47.3 Å². The number of hydrogen-bond acceptors (Lipinski definition) is 0. The van der Waals surface area contributed by atoms with Gasteiger partial charge in [-0.25, -0.2) is 9.66 Å². The van der Waals surface area contributed by atoms with E-state index in [1.165, 1.54) is 0 Å². The van der Waals surface area contributed by atoms with Gasteiger partial charge >= 0.3 is 0 Å². The Morgan fingerprint density at radius 3 is 1.14 bits per heavy atom. The first-order valence-corrected chi connectivity index (χ1v) is 3.85. The van der Waals surface area contributed by atoms with Crippen molar-refractivity contribution < 1.29 is 0 Å². The van der Waals surface area contributed by atoms with Crippen molar-refractivity contribution >= 4 is 25.8 Å². The van der Waals surface area contributed by atoms with E-state index in [1.807, 2.05) is 0 Å². The van der Waals surface area contributed by atoms with Crippen LogP contribution in [0.25, 0.3) is 0 Å². The lowest BCUT2D eigenvalue weighted by Gasteiger charge is -1.68. The van der Waals surface area contributed by atoms with Gasteiger partial charge < -0.3 is 0 Å². The van der Waals surface area contributed by atoms with Crippen LogP contribution in [0.4, 0.5) is 0 Å². The van der Waals surface area contributed by atoms with Crippen LogP contribution < -0.4 is 0 Å². The second kappa shape index (κ2) is 4.00. The van der Waals surface area contributed by atoms with E-state index in [4.69, 9.17) is 0 Å². The lowest BCUT2D eigenvalue weighted by Crippen LogP contribution is -1.55. The maximum absolute atomic E-state index is 2.19. The van der Waals surface area contributed by atoms with Gasteiger partial charge in [0.15, 0.2) is 0 Å². The first-order chi connectivity index (χ1) is 3.35. The van der Waals surface area contributed by atoms with Crippen LogP contribution in [-0.2, 0) is 0 Å². The van der Waals surface area contributed by atoms with Gasteiger partial charge in [-0.1, -0.05) is 0 Å². The largest absolute Gasteiger partial charge is 0.210 e. The Bertz CT molecular complexity index is 125. The predicted octanol–water partition coefficient (Wildman–Crippen LogP) is 1.72. The fourth-order valence-electron chi connectivity index (χ4n) is 0.408. The summed E-state index contributed by atoms with van der Waals surface area (Å²) in [6.07, 6.45) is 0. The maximum Gasteiger partial charge on any atom is -0.0380 e. The summed E-state index contributed by atoms with van der Waals surface area (Å²) < 4.78 is 0. The molecule has 0 fully saturated rings.